The zero-order valence-corrected chi connectivity index (χ0v) is 25.4. The molecule has 17 heteroatoms. The van der Waals surface area contributed by atoms with Gasteiger partial charge in [0.25, 0.3) is 11.8 Å². The van der Waals surface area contributed by atoms with E-state index in [2.05, 4.69) is 30.0 Å². The van der Waals surface area contributed by atoms with E-state index in [9.17, 15) is 35.9 Å². The van der Waals surface area contributed by atoms with Gasteiger partial charge in [-0.1, -0.05) is 0 Å². The molecule has 49 heavy (non-hydrogen) atoms. The van der Waals surface area contributed by atoms with Gasteiger partial charge in [-0.3, -0.25) is 14.5 Å². The largest absolute Gasteiger partial charge is 0.586 e. The normalized spacial score (nSPS) is 16.9. The summed E-state index contributed by atoms with van der Waals surface area (Å²) >= 11 is 0. The number of alkyl halides is 5. The molecule has 256 valence electrons. The third kappa shape index (κ3) is 6.22. The molecule has 1 aromatic heterocycles. The molecule has 3 aliphatic heterocycles. The van der Waals surface area contributed by atoms with E-state index in [0.717, 1.165) is 36.3 Å². The average molecular weight is 690 g/mol. The van der Waals surface area contributed by atoms with Gasteiger partial charge in [-0.15, -0.1) is 8.78 Å². The number of benzene rings is 3. The minimum Gasteiger partial charge on any atom is -0.496 e. The second-order valence-electron chi connectivity index (χ2n) is 11.4. The molecule has 0 spiro atoms. The molecule has 0 radical (unpaired) electrons. The molecule has 3 aromatic carbocycles. The zero-order valence-electron chi connectivity index (χ0n) is 25.4. The third-order valence-corrected chi connectivity index (χ3v) is 8.33. The third-order valence-electron chi connectivity index (χ3n) is 8.33. The van der Waals surface area contributed by atoms with Gasteiger partial charge in [-0.2, -0.15) is 13.2 Å². The SMILES string of the molecule is COc1ccc(-c2cnc3n2CCN(C2COC2)C3)cc1C(=O)Nc1cc2c(cc1C(=O)Nc1ccc(F)c(C(F)(F)F)c1)OC(F)(F)O2. The molecule has 3 aliphatic rings. The van der Waals surface area contributed by atoms with Crippen LogP contribution < -0.4 is 24.8 Å². The summed E-state index contributed by atoms with van der Waals surface area (Å²) in [6.45, 7) is 3.39. The Labute approximate surface area is 273 Å². The van der Waals surface area contributed by atoms with Crippen LogP contribution in [0, 0.1) is 5.82 Å². The lowest BCUT2D eigenvalue weighted by molar-refractivity contribution is -0.286. The van der Waals surface area contributed by atoms with Crippen LogP contribution in [0.25, 0.3) is 11.3 Å². The maximum atomic E-state index is 13.9. The van der Waals surface area contributed by atoms with Gasteiger partial charge in [0, 0.05) is 30.4 Å². The van der Waals surface area contributed by atoms with Gasteiger partial charge in [0.15, 0.2) is 11.5 Å². The van der Waals surface area contributed by atoms with Crippen LogP contribution >= 0.6 is 0 Å². The van der Waals surface area contributed by atoms with E-state index in [4.69, 9.17) is 9.47 Å². The van der Waals surface area contributed by atoms with Crippen molar-refractivity contribution in [3.05, 3.63) is 83.1 Å². The summed E-state index contributed by atoms with van der Waals surface area (Å²) in [7, 11) is 1.34. The standard InChI is InChI=1S/C32H25F6N5O6/c1-46-25-5-2-16(24-12-39-28-13-42(6-7-43(24)28)18-14-47-15-18)8-20(25)30(45)41-23-11-27-26(48-32(37,38)49-27)10-19(23)29(44)40-17-3-4-22(33)21(9-17)31(34,35)36/h2-5,8-12,18H,6-7,13-15H2,1H3,(H,40,44)(H,41,45). The van der Waals surface area contributed by atoms with Crippen LogP contribution in [0.3, 0.4) is 0 Å². The molecule has 0 bridgehead atoms. The van der Waals surface area contributed by atoms with Crippen LogP contribution in [0.5, 0.6) is 17.2 Å². The van der Waals surface area contributed by atoms with Gasteiger partial charge in [0.05, 0.1) is 67.2 Å². The average Bonchev–Trinajstić information content (AvgIpc) is 3.58. The lowest BCUT2D eigenvalue weighted by Gasteiger charge is -2.39. The summed E-state index contributed by atoms with van der Waals surface area (Å²) in [4.78, 5) is 34.0. The number of anilines is 2. The quantitative estimate of drug-likeness (QED) is 0.236. The Morgan fingerprint density at radius 1 is 0.959 bits per heavy atom. The number of rotatable bonds is 7. The van der Waals surface area contributed by atoms with Crippen molar-refractivity contribution in [2.24, 2.45) is 0 Å². The minimum absolute atomic E-state index is 0.00214. The first-order valence-corrected chi connectivity index (χ1v) is 14.8. The van der Waals surface area contributed by atoms with E-state index >= 15 is 0 Å². The van der Waals surface area contributed by atoms with Gasteiger partial charge in [-0.25, -0.2) is 9.37 Å². The van der Waals surface area contributed by atoms with Crippen molar-refractivity contribution >= 4 is 23.2 Å². The van der Waals surface area contributed by atoms with E-state index in [0.29, 0.717) is 50.0 Å². The van der Waals surface area contributed by atoms with Crippen LogP contribution in [0.2, 0.25) is 0 Å². The predicted octanol–water partition coefficient (Wildman–Crippen LogP) is 5.76. The van der Waals surface area contributed by atoms with Crippen molar-refractivity contribution in [3.63, 3.8) is 0 Å². The Morgan fingerprint density at radius 2 is 1.69 bits per heavy atom. The number of aromatic nitrogens is 2. The first kappa shape index (κ1) is 32.3. The molecule has 1 fully saturated rings. The topological polar surface area (TPSA) is 116 Å². The summed E-state index contributed by atoms with van der Waals surface area (Å²) < 4.78 is 103. The number of carbonyl (C=O) groups excluding carboxylic acids is 2. The molecular formula is C32H25F6N5O6. The molecule has 11 nitrogen and oxygen atoms in total. The monoisotopic (exact) mass is 689 g/mol. The summed E-state index contributed by atoms with van der Waals surface area (Å²) in [5.41, 5.74) is -1.57. The lowest BCUT2D eigenvalue weighted by Crippen LogP contribution is -2.51. The van der Waals surface area contributed by atoms with E-state index in [1.807, 2.05) is 4.57 Å². The number of halogens is 6. The molecule has 4 aromatic rings. The number of amides is 2. The smallest absolute Gasteiger partial charge is 0.496 e. The maximum Gasteiger partial charge on any atom is 0.586 e. The molecule has 1 saturated heterocycles. The number of imidazole rings is 1. The Balaban J connectivity index is 1.19. The van der Waals surface area contributed by atoms with Gasteiger partial charge >= 0.3 is 12.5 Å². The fourth-order valence-electron chi connectivity index (χ4n) is 5.80. The van der Waals surface area contributed by atoms with Crippen LogP contribution in [0.1, 0.15) is 32.1 Å². The van der Waals surface area contributed by atoms with Crippen LogP contribution in [-0.2, 0) is 24.0 Å². The number of ether oxygens (including phenoxy) is 4. The summed E-state index contributed by atoms with van der Waals surface area (Å²) in [6.07, 6.45) is -7.47. The Hall–Kier alpha value is -5.29. The fraction of sp³-hybridized carbons (Fsp3) is 0.281. The molecule has 2 N–H and O–H groups in total. The highest BCUT2D eigenvalue weighted by Gasteiger charge is 2.44. The van der Waals surface area contributed by atoms with Gasteiger partial charge < -0.3 is 34.1 Å². The second kappa shape index (κ2) is 12.0. The van der Waals surface area contributed by atoms with Crippen molar-refractivity contribution < 1.29 is 54.9 Å². The second-order valence-corrected chi connectivity index (χ2v) is 11.4. The molecular weight excluding hydrogens is 664 g/mol. The molecule has 2 amide bonds. The predicted molar refractivity (Wildman–Crippen MR) is 159 cm³/mol. The van der Waals surface area contributed by atoms with Crippen LogP contribution in [0.15, 0.2) is 54.7 Å². The van der Waals surface area contributed by atoms with Gasteiger partial charge in [0.2, 0.25) is 0 Å². The van der Waals surface area contributed by atoms with Crippen LogP contribution in [-0.4, -0.2) is 65.5 Å². The summed E-state index contributed by atoms with van der Waals surface area (Å²) in [5, 5.41) is 4.67. The molecule has 0 saturated carbocycles. The number of nitrogens with zero attached hydrogens (tertiary/aromatic N) is 3. The fourth-order valence-corrected chi connectivity index (χ4v) is 5.80. The summed E-state index contributed by atoms with van der Waals surface area (Å²) in [5.74, 6) is -3.64. The molecule has 0 unspecified atom stereocenters. The van der Waals surface area contributed by atoms with E-state index in [-0.39, 0.29) is 17.0 Å². The van der Waals surface area contributed by atoms with Crippen LogP contribution in [0.4, 0.5) is 37.7 Å². The highest BCUT2D eigenvalue weighted by Crippen LogP contribution is 2.44. The van der Waals surface area contributed by atoms with Gasteiger partial charge in [0.1, 0.15) is 17.4 Å². The van der Waals surface area contributed by atoms with Crippen molar-refractivity contribution in [1.29, 1.82) is 0 Å². The minimum atomic E-state index is -5.07. The van der Waals surface area contributed by atoms with Crippen molar-refractivity contribution in [1.82, 2.24) is 14.5 Å². The summed E-state index contributed by atoms with van der Waals surface area (Å²) in [6, 6.07) is 8.70. The zero-order chi connectivity index (χ0) is 34.7. The van der Waals surface area contributed by atoms with Crippen molar-refractivity contribution in [3.8, 4) is 28.5 Å². The first-order valence-electron chi connectivity index (χ1n) is 14.8. The molecule has 0 aliphatic carbocycles. The number of nitrogens with one attached hydrogen (secondary N) is 2. The number of carbonyl (C=O) groups is 2. The van der Waals surface area contributed by atoms with Crippen molar-refractivity contribution in [2.75, 3.05) is 37.5 Å². The van der Waals surface area contributed by atoms with Crippen molar-refractivity contribution in [2.45, 2.75) is 31.6 Å². The number of methoxy groups -OCH3 is 1. The number of fused-ring (bicyclic) bond motifs is 2. The first-order chi connectivity index (χ1) is 23.3. The highest BCUT2D eigenvalue weighted by molar-refractivity contribution is 6.14. The number of hydrogen-bond donors (Lipinski definition) is 2. The Kier molecular flexibility index (Phi) is 7.90. The maximum absolute atomic E-state index is 13.9. The van der Waals surface area contributed by atoms with E-state index in [1.165, 1.54) is 7.11 Å². The molecule has 4 heterocycles. The number of hydrogen-bond acceptors (Lipinski definition) is 8. The highest BCUT2D eigenvalue weighted by atomic mass is 19.4. The van der Waals surface area contributed by atoms with E-state index < -0.39 is 58.4 Å². The molecule has 0 atom stereocenters. The van der Waals surface area contributed by atoms with Gasteiger partial charge in [-0.05, 0) is 42.5 Å². The molecule has 7 rings (SSSR count). The Morgan fingerprint density at radius 3 is 2.39 bits per heavy atom. The van der Waals surface area contributed by atoms with E-state index in [1.54, 1.807) is 24.4 Å². The Bertz CT molecular complexity index is 1980. The lowest BCUT2D eigenvalue weighted by atomic mass is 10.1.